The molecular weight excluding hydrogens is 288 g/mol. The van der Waals surface area contributed by atoms with Crippen LogP contribution in [0.4, 0.5) is 11.4 Å². The number of thiophene rings is 1. The molecule has 0 aliphatic rings. The Balaban J connectivity index is 2.20. The van der Waals surface area contributed by atoms with E-state index in [0.29, 0.717) is 6.29 Å². The number of hydrogen-bond donors (Lipinski definition) is 0. The molecular formula is C15H16N2O3S. The third kappa shape index (κ3) is 3.46. The summed E-state index contributed by atoms with van der Waals surface area (Å²) in [7, 11) is 1.92. The Kier molecular flexibility index (Phi) is 4.70. The number of nitro benzene ring substituents is 1. The molecule has 0 bridgehead atoms. The molecule has 0 aliphatic carbocycles. The van der Waals surface area contributed by atoms with E-state index in [2.05, 4.69) is 13.0 Å². The Morgan fingerprint density at radius 3 is 2.76 bits per heavy atom. The van der Waals surface area contributed by atoms with Crippen molar-refractivity contribution in [1.82, 2.24) is 0 Å². The van der Waals surface area contributed by atoms with Crippen molar-refractivity contribution in [3.8, 4) is 0 Å². The van der Waals surface area contributed by atoms with Crippen LogP contribution in [-0.2, 0) is 6.42 Å². The molecule has 1 aromatic heterocycles. The molecule has 0 amide bonds. The van der Waals surface area contributed by atoms with Crippen molar-refractivity contribution in [2.24, 2.45) is 0 Å². The fourth-order valence-electron chi connectivity index (χ4n) is 2.13. The van der Waals surface area contributed by atoms with Crippen molar-refractivity contribution in [2.45, 2.75) is 19.4 Å². The molecule has 0 fully saturated rings. The maximum Gasteiger partial charge on any atom is 0.280 e. The van der Waals surface area contributed by atoms with Crippen LogP contribution in [-0.4, -0.2) is 24.3 Å². The van der Waals surface area contributed by atoms with Crippen molar-refractivity contribution in [1.29, 1.82) is 0 Å². The number of likely N-dealkylation sites (N-methyl/N-ethyl adjacent to an activating group) is 1. The minimum Gasteiger partial charge on any atom is -0.372 e. The maximum atomic E-state index is 11.0. The Hall–Kier alpha value is -2.21. The lowest BCUT2D eigenvalue weighted by Crippen LogP contribution is -2.30. The van der Waals surface area contributed by atoms with Gasteiger partial charge < -0.3 is 4.90 Å². The molecule has 2 rings (SSSR count). The molecule has 0 spiro atoms. The molecule has 1 atom stereocenters. The first-order valence-electron chi connectivity index (χ1n) is 6.51. The zero-order chi connectivity index (χ0) is 15.4. The van der Waals surface area contributed by atoms with Gasteiger partial charge in [-0.25, -0.2) is 0 Å². The van der Waals surface area contributed by atoms with Crippen molar-refractivity contribution >= 4 is 29.0 Å². The van der Waals surface area contributed by atoms with Crippen LogP contribution in [0.15, 0.2) is 35.7 Å². The Bertz CT molecular complexity index is 640. The summed E-state index contributed by atoms with van der Waals surface area (Å²) >= 11 is 1.71. The van der Waals surface area contributed by atoms with Gasteiger partial charge >= 0.3 is 0 Å². The average molecular weight is 304 g/mol. The fourth-order valence-corrected chi connectivity index (χ4v) is 2.96. The van der Waals surface area contributed by atoms with Crippen LogP contribution in [0.25, 0.3) is 0 Å². The van der Waals surface area contributed by atoms with Gasteiger partial charge in [-0.3, -0.25) is 14.9 Å². The van der Waals surface area contributed by atoms with E-state index >= 15 is 0 Å². The third-order valence-corrected chi connectivity index (χ3v) is 4.38. The van der Waals surface area contributed by atoms with Gasteiger partial charge in [0.25, 0.3) is 5.69 Å². The van der Waals surface area contributed by atoms with Crippen LogP contribution >= 0.6 is 11.3 Å². The molecule has 0 aliphatic heterocycles. The van der Waals surface area contributed by atoms with Crippen molar-refractivity contribution < 1.29 is 9.72 Å². The first kappa shape index (κ1) is 15.2. The highest BCUT2D eigenvalue weighted by molar-refractivity contribution is 7.09. The quantitative estimate of drug-likeness (QED) is 0.465. The summed E-state index contributed by atoms with van der Waals surface area (Å²) in [5, 5.41) is 12.9. The number of hydrogen-bond acceptors (Lipinski definition) is 5. The van der Waals surface area contributed by atoms with E-state index in [0.717, 1.165) is 12.1 Å². The van der Waals surface area contributed by atoms with Crippen molar-refractivity contribution in [2.75, 3.05) is 11.9 Å². The van der Waals surface area contributed by atoms with E-state index < -0.39 is 4.92 Å². The predicted octanol–water partition coefficient (Wildman–Crippen LogP) is 3.54. The number of anilines is 1. The second kappa shape index (κ2) is 6.49. The van der Waals surface area contributed by atoms with E-state index in [1.807, 2.05) is 23.4 Å². The first-order chi connectivity index (χ1) is 10.0. The monoisotopic (exact) mass is 304 g/mol. The zero-order valence-corrected chi connectivity index (χ0v) is 12.7. The molecule has 0 saturated heterocycles. The van der Waals surface area contributed by atoms with Gasteiger partial charge in [0.2, 0.25) is 0 Å². The predicted molar refractivity (Wildman–Crippen MR) is 84.4 cm³/mol. The number of carbonyl (C=O) groups excluding carboxylic acids is 1. The minimum absolute atomic E-state index is 0.104. The summed E-state index contributed by atoms with van der Waals surface area (Å²) in [5.41, 5.74) is 0.743. The van der Waals surface area contributed by atoms with Gasteiger partial charge in [0.05, 0.1) is 10.5 Å². The molecule has 2 aromatic rings. The third-order valence-electron chi connectivity index (χ3n) is 3.48. The Morgan fingerprint density at radius 1 is 1.43 bits per heavy atom. The van der Waals surface area contributed by atoms with Gasteiger partial charge in [-0.05, 0) is 30.5 Å². The molecule has 0 saturated carbocycles. The maximum absolute atomic E-state index is 11.0. The molecule has 0 radical (unpaired) electrons. The molecule has 21 heavy (non-hydrogen) atoms. The second-order valence-corrected chi connectivity index (χ2v) is 5.89. The summed E-state index contributed by atoms with van der Waals surface area (Å²) in [5.74, 6) is 0. The normalized spacial score (nSPS) is 11.9. The number of benzene rings is 1. The van der Waals surface area contributed by atoms with E-state index in [4.69, 9.17) is 0 Å². The zero-order valence-electron chi connectivity index (χ0n) is 11.9. The molecule has 110 valence electrons. The number of aldehydes is 1. The smallest absolute Gasteiger partial charge is 0.280 e. The summed E-state index contributed by atoms with van der Waals surface area (Å²) in [6.07, 6.45) is 1.42. The van der Waals surface area contributed by atoms with Crippen LogP contribution in [0.3, 0.4) is 0 Å². The molecule has 1 aromatic carbocycles. The van der Waals surface area contributed by atoms with Gasteiger partial charge in [0.1, 0.15) is 0 Å². The van der Waals surface area contributed by atoms with Crippen LogP contribution < -0.4 is 4.90 Å². The van der Waals surface area contributed by atoms with E-state index in [-0.39, 0.29) is 17.3 Å². The molecule has 1 heterocycles. The van der Waals surface area contributed by atoms with Crippen LogP contribution in [0.2, 0.25) is 0 Å². The van der Waals surface area contributed by atoms with Gasteiger partial charge in [-0.2, -0.15) is 0 Å². The van der Waals surface area contributed by atoms with Crippen LogP contribution in [0, 0.1) is 10.1 Å². The fraction of sp³-hybridized carbons (Fsp3) is 0.267. The molecule has 6 heteroatoms. The van der Waals surface area contributed by atoms with Crippen molar-refractivity contribution in [3.63, 3.8) is 0 Å². The van der Waals surface area contributed by atoms with E-state index in [1.54, 1.807) is 23.5 Å². The lowest BCUT2D eigenvalue weighted by Gasteiger charge is -2.27. The van der Waals surface area contributed by atoms with E-state index in [1.165, 1.54) is 10.9 Å². The summed E-state index contributed by atoms with van der Waals surface area (Å²) in [6, 6.07) is 8.95. The lowest BCUT2D eigenvalue weighted by atomic mass is 10.1. The highest BCUT2D eigenvalue weighted by Crippen LogP contribution is 2.25. The molecule has 5 nitrogen and oxygen atoms in total. The molecule has 0 N–H and O–H groups in total. The van der Waals surface area contributed by atoms with E-state index in [9.17, 15) is 14.9 Å². The van der Waals surface area contributed by atoms with Crippen LogP contribution in [0.5, 0.6) is 0 Å². The minimum atomic E-state index is -0.539. The summed E-state index contributed by atoms with van der Waals surface area (Å²) < 4.78 is 0. The number of nitro groups is 1. The number of nitrogens with zero attached hydrogens (tertiary/aromatic N) is 2. The Morgan fingerprint density at radius 2 is 2.19 bits per heavy atom. The summed E-state index contributed by atoms with van der Waals surface area (Å²) in [6.45, 7) is 2.09. The van der Waals surface area contributed by atoms with Gasteiger partial charge in [-0.15, -0.1) is 11.3 Å². The number of carbonyl (C=O) groups is 1. The Labute approximate surface area is 127 Å². The second-order valence-electron chi connectivity index (χ2n) is 4.86. The molecule has 1 unspecified atom stereocenters. The number of rotatable bonds is 6. The van der Waals surface area contributed by atoms with Crippen LogP contribution in [0.1, 0.15) is 22.2 Å². The highest BCUT2D eigenvalue weighted by Gasteiger charge is 2.17. The lowest BCUT2D eigenvalue weighted by molar-refractivity contribution is -0.385. The van der Waals surface area contributed by atoms with Crippen molar-refractivity contribution in [3.05, 3.63) is 56.3 Å². The summed E-state index contributed by atoms with van der Waals surface area (Å²) in [4.78, 5) is 24.6. The average Bonchev–Trinajstić information content (AvgIpc) is 2.98. The van der Waals surface area contributed by atoms with Gasteiger partial charge in [0, 0.05) is 36.1 Å². The highest BCUT2D eigenvalue weighted by atomic mass is 32.1. The topological polar surface area (TPSA) is 63.4 Å². The largest absolute Gasteiger partial charge is 0.372 e. The SMILES string of the molecule is CC(Cc1cccs1)N(C)c1ccc([N+](=O)[O-])c(C=O)c1. The van der Waals surface area contributed by atoms with Gasteiger partial charge in [-0.1, -0.05) is 6.07 Å². The first-order valence-corrected chi connectivity index (χ1v) is 7.39. The standard InChI is InChI=1S/C15H16N2O3S/c1-11(8-14-4-3-7-21-14)16(2)13-5-6-15(17(19)20)12(9-13)10-18/h3-7,9-11H,8H2,1-2H3. The van der Waals surface area contributed by atoms with Gasteiger partial charge in [0.15, 0.2) is 6.29 Å².